The van der Waals surface area contributed by atoms with Crippen LogP contribution in [0.25, 0.3) is 11.0 Å². The number of imidazole rings is 1. The first-order valence-electron chi connectivity index (χ1n) is 8.59. The molecule has 2 heterocycles. The average molecular weight is 347 g/mol. The van der Waals surface area contributed by atoms with Crippen LogP contribution in [0.4, 0.5) is 0 Å². The SMILES string of the molecule is CN(C)C1[C@@H]2CC[C@H]1CN(C(=O)Cc1nc3ccc(Cl)cc3[nH]1)C2. The van der Waals surface area contributed by atoms with Crippen LogP contribution in [0.5, 0.6) is 0 Å². The predicted molar refractivity (Wildman–Crippen MR) is 95.1 cm³/mol. The Labute approximate surface area is 147 Å². The quantitative estimate of drug-likeness (QED) is 0.929. The van der Waals surface area contributed by atoms with Gasteiger partial charge in [0.1, 0.15) is 5.82 Å². The molecule has 6 heteroatoms. The van der Waals surface area contributed by atoms with E-state index in [1.807, 2.05) is 23.1 Å². The van der Waals surface area contributed by atoms with E-state index in [4.69, 9.17) is 11.6 Å². The van der Waals surface area contributed by atoms with Gasteiger partial charge in [-0.15, -0.1) is 0 Å². The molecule has 3 atom stereocenters. The number of nitrogens with one attached hydrogen (secondary N) is 1. The van der Waals surface area contributed by atoms with Crippen LogP contribution >= 0.6 is 11.6 Å². The van der Waals surface area contributed by atoms with Crippen molar-refractivity contribution in [3.63, 3.8) is 0 Å². The molecule has 1 N–H and O–H groups in total. The zero-order valence-corrected chi connectivity index (χ0v) is 14.9. The standard InChI is InChI=1S/C18H23ClN4O/c1-22(2)18-11-3-4-12(18)10-23(9-11)17(24)8-16-20-14-6-5-13(19)7-15(14)21-16/h5-7,11-12,18H,3-4,8-10H2,1-2H3,(H,20,21)/t11-,12+,18?. The molecule has 4 rings (SSSR count). The third-order valence-corrected chi connectivity index (χ3v) is 5.78. The van der Waals surface area contributed by atoms with Crippen molar-refractivity contribution in [3.05, 3.63) is 29.0 Å². The van der Waals surface area contributed by atoms with Crippen LogP contribution in [0.15, 0.2) is 18.2 Å². The van der Waals surface area contributed by atoms with Gasteiger partial charge in [-0.1, -0.05) is 11.6 Å². The lowest BCUT2D eigenvalue weighted by Crippen LogP contribution is -2.52. The van der Waals surface area contributed by atoms with E-state index in [2.05, 4.69) is 29.0 Å². The van der Waals surface area contributed by atoms with Gasteiger partial charge in [0.05, 0.1) is 17.5 Å². The molecule has 1 unspecified atom stereocenters. The van der Waals surface area contributed by atoms with Gasteiger partial charge in [0.2, 0.25) is 5.91 Å². The molecule has 1 saturated carbocycles. The van der Waals surface area contributed by atoms with Crippen LogP contribution in [-0.2, 0) is 11.2 Å². The largest absolute Gasteiger partial charge is 0.342 e. The summed E-state index contributed by atoms with van der Waals surface area (Å²) < 4.78 is 0. The van der Waals surface area contributed by atoms with Crippen LogP contribution < -0.4 is 0 Å². The summed E-state index contributed by atoms with van der Waals surface area (Å²) >= 11 is 6.01. The third-order valence-electron chi connectivity index (χ3n) is 5.54. The normalized spacial score (nSPS) is 26.5. The predicted octanol–water partition coefficient (Wildman–Crippen LogP) is 2.56. The first kappa shape index (κ1) is 15.9. The van der Waals surface area contributed by atoms with Gasteiger partial charge < -0.3 is 14.8 Å². The van der Waals surface area contributed by atoms with Crippen molar-refractivity contribution < 1.29 is 4.79 Å². The molecular weight excluding hydrogens is 324 g/mol. The van der Waals surface area contributed by atoms with E-state index in [0.29, 0.717) is 29.3 Å². The van der Waals surface area contributed by atoms with E-state index >= 15 is 0 Å². The smallest absolute Gasteiger partial charge is 0.230 e. The molecule has 2 aliphatic rings. The van der Waals surface area contributed by atoms with Gasteiger partial charge in [0.15, 0.2) is 0 Å². The number of nitrogens with zero attached hydrogens (tertiary/aromatic N) is 3. The molecule has 1 aromatic carbocycles. The van der Waals surface area contributed by atoms with E-state index in [1.165, 1.54) is 12.8 Å². The number of hydrogen-bond acceptors (Lipinski definition) is 3. The summed E-state index contributed by atoms with van der Waals surface area (Å²) in [4.78, 5) is 24.9. The van der Waals surface area contributed by atoms with Crippen LogP contribution in [0.2, 0.25) is 5.02 Å². The van der Waals surface area contributed by atoms with Crippen LogP contribution in [-0.4, -0.2) is 58.9 Å². The van der Waals surface area contributed by atoms with E-state index < -0.39 is 0 Å². The minimum Gasteiger partial charge on any atom is -0.342 e. The average Bonchev–Trinajstić information content (AvgIpc) is 3.04. The summed E-state index contributed by atoms with van der Waals surface area (Å²) in [5, 5.41) is 0.673. The van der Waals surface area contributed by atoms with Gasteiger partial charge in [-0.05, 0) is 57.0 Å². The Morgan fingerprint density at radius 1 is 1.33 bits per heavy atom. The first-order valence-corrected chi connectivity index (χ1v) is 8.97. The van der Waals surface area contributed by atoms with E-state index in [9.17, 15) is 4.79 Å². The van der Waals surface area contributed by atoms with Crippen molar-refractivity contribution in [1.82, 2.24) is 19.8 Å². The number of H-pyrrole nitrogens is 1. The summed E-state index contributed by atoms with van der Waals surface area (Å²) in [5.41, 5.74) is 1.74. The molecule has 1 amide bonds. The lowest BCUT2D eigenvalue weighted by molar-refractivity contribution is -0.133. The minimum atomic E-state index is 0.175. The molecule has 24 heavy (non-hydrogen) atoms. The summed E-state index contributed by atoms with van der Waals surface area (Å²) in [6.07, 6.45) is 2.80. The van der Waals surface area contributed by atoms with Crippen LogP contribution in [0.3, 0.4) is 0 Å². The van der Waals surface area contributed by atoms with Gasteiger partial charge in [0.25, 0.3) is 0 Å². The van der Waals surface area contributed by atoms with Gasteiger partial charge >= 0.3 is 0 Å². The number of amides is 1. The van der Waals surface area contributed by atoms with Crippen molar-refractivity contribution in [2.75, 3.05) is 27.2 Å². The highest BCUT2D eigenvalue weighted by atomic mass is 35.5. The van der Waals surface area contributed by atoms with E-state index in [0.717, 1.165) is 29.9 Å². The number of aromatic amines is 1. The molecule has 2 bridgehead atoms. The Balaban J connectivity index is 1.46. The maximum absolute atomic E-state index is 12.7. The number of carbonyl (C=O) groups is 1. The number of likely N-dealkylation sites (tertiary alicyclic amines) is 1. The van der Waals surface area contributed by atoms with Gasteiger partial charge in [0, 0.05) is 24.2 Å². The minimum absolute atomic E-state index is 0.175. The van der Waals surface area contributed by atoms with Gasteiger partial charge in [-0.25, -0.2) is 4.98 Å². The molecule has 128 valence electrons. The molecule has 0 spiro atoms. The number of rotatable bonds is 3. The number of halogens is 1. The lowest BCUT2D eigenvalue weighted by atomic mass is 9.91. The number of fused-ring (bicyclic) bond motifs is 3. The number of benzene rings is 1. The molecule has 0 radical (unpaired) electrons. The highest BCUT2D eigenvalue weighted by Crippen LogP contribution is 2.39. The number of piperidine rings is 1. The number of aromatic nitrogens is 2. The summed E-state index contributed by atoms with van der Waals surface area (Å²) in [5.74, 6) is 2.11. The number of carbonyl (C=O) groups excluding carboxylic acids is 1. The Morgan fingerprint density at radius 3 is 2.71 bits per heavy atom. The molecule has 1 aromatic heterocycles. The Hall–Kier alpha value is -1.59. The van der Waals surface area contributed by atoms with E-state index in [1.54, 1.807) is 0 Å². The second-order valence-corrected chi connectivity index (χ2v) is 7.81. The molecule has 2 fully saturated rings. The van der Waals surface area contributed by atoms with E-state index in [-0.39, 0.29) is 5.91 Å². The number of hydrogen-bond donors (Lipinski definition) is 1. The molecule has 1 aliphatic heterocycles. The topological polar surface area (TPSA) is 52.2 Å². The summed E-state index contributed by atoms with van der Waals surface area (Å²) in [6.45, 7) is 1.76. The molecule has 5 nitrogen and oxygen atoms in total. The van der Waals surface area contributed by atoms with Crippen molar-refractivity contribution >= 4 is 28.5 Å². The second kappa shape index (κ2) is 6.05. The van der Waals surface area contributed by atoms with Crippen molar-refractivity contribution in [2.24, 2.45) is 11.8 Å². The third kappa shape index (κ3) is 2.80. The lowest BCUT2D eigenvalue weighted by Gasteiger charge is -2.41. The highest BCUT2D eigenvalue weighted by molar-refractivity contribution is 6.31. The molecular formula is C18H23ClN4O. The van der Waals surface area contributed by atoms with Gasteiger partial charge in [-0.2, -0.15) is 0 Å². The first-order chi connectivity index (χ1) is 11.5. The monoisotopic (exact) mass is 346 g/mol. The van der Waals surface area contributed by atoms with Crippen molar-refractivity contribution in [1.29, 1.82) is 0 Å². The molecule has 2 aromatic rings. The molecule has 1 saturated heterocycles. The van der Waals surface area contributed by atoms with Crippen molar-refractivity contribution in [3.8, 4) is 0 Å². The Morgan fingerprint density at radius 2 is 2.04 bits per heavy atom. The fourth-order valence-corrected chi connectivity index (χ4v) is 4.79. The van der Waals surface area contributed by atoms with Crippen LogP contribution in [0, 0.1) is 11.8 Å². The Bertz CT molecular complexity index is 757. The molecule has 1 aliphatic carbocycles. The maximum atomic E-state index is 12.7. The summed E-state index contributed by atoms with van der Waals surface area (Å²) in [6, 6.07) is 6.17. The second-order valence-electron chi connectivity index (χ2n) is 7.37. The van der Waals surface area contributed by atoms with Gasteiger partial charge in [-0.3, -0.25) is 4.79 Å². The highest BCUT2D eigenvalue weighted by Gasteiger charge is 2.44. The fraction of sp³-hybridized carbons (Fsp3) is 0.556. The van der Waals surface area contributed by atoms with Crippen LogP contribution in [0.1, 0.15) is 18.7 Å². The zero-order valence-electron chi connectivity index (χ0n) is 14.1. The zero-order chi connectivity index (χ0) is 16.8. The fourth-order valence-electron chi connectivity index (χ4n) is 4.61. The summed E-state index contributed by atoms with van der Waals surface area (Å²) in [7, 11) is 4.32. The maximum Gasteiger partial charge on any atom is 0.230 e. The Kier molecular flexibility index (Phi) is 4.01. The van der Waals surface area contributed by atoms with Crippen molar-refractivity contribution in [2.45, 2.75) is 25.3 Å².